The van der Waals surface area contributed by atoms with Crippen LogP contribution in [0.2, 0.25) is 0 Å². The van der Waals surface area contributed by atoms with E-state index in [0.29, 0.717) is 5.56 Å². The Bertz CT molecular complexity index is 553. The van der Waals surface area contributed by atoms with Crippen molar-refractivity contribution in [2.45, 2.75) is 6.42 Å². The first-order chi connectivity index (χ1) is 9.58. The van der Waals surface area contributed by atoms with Gasteiger partial charge in [0.2, 0.25) is 5.78 Å². The number of hydrogen-bond acceptors (Lipinski definition) is 3. The van der Waals surface area contributed by atoms with Crippen molar-refractivity contribution >= 4 is 19.4 Å². The molecule has 0 aliphatic heterocycles. The molecule has 0 aliphatic carbocycles. The highest BCUT2D eigenvalue weighted by molar-refractivity contribution is 6.15. The molecule has 0 saturated heterocycles. The molecule has 0 atom stereocenters. The lowest BCUT2D eigenvalue weighted by Gasteiger charge is -1.99. The van der Waals surface area contributed by atoms with Crippen LogP contribution >= 0.6 is 0 Å². The van der Waals surface area contributed by atoms with Crippen molar-refractivity contribution in [1.82, 2.24) is 0 Å². The van der Waals surface area contributed by atoms with Gasteiger partial charge in [0.15, 0.2) is 11.5 Å². The number of furan rings is 1. The molecule has 1 radical (unpaired) electrons. The van der Waals surface area contributed by atoms with Gasteiger partial charge in [-0.3, -0.25) is 18.2 Å². The highest BCUT2D eigenvalue weighted by atomic mass is 19.2. The maximum atomic E-state index is 12.6. The minimum Gasteiger partial charge on any atom is -0.461 e. The van der Waals surface area contributed by atoms with Gasteiger partial charge in [0.1, 0.15) is 5.82 Å². The van der Waals surface area contributed by atoms with E-state index in [-0.39, 0.29) is 23.7 Å². The van der Waals surface area contributed by atoms with Crippen LogP contribution in [0.5, 0.6) is 0 Å². The Morgan fingerprint density at radius 1 is 1.05 bits per heavy atom. The van der Waals surface area contributed by atoms with Crippen molar-refractivity contribution in [2.75, 3.05) is 0 Å². The van der Waals surface area contributed by atoms with Crippen molar-refractivity contribution in [3.8, 4) is 0 Å². The fourth-order valence-corrected chi connectivity index (χ4v) is 1.41. The van der Waals surface area contributed by atoms with Crippen LogP contribution in [0.3, 0.4) is 0 Å². The highest BCUT2D eigenvalue weighted by Crippen LogP contribution is 2.10. The van der Waals surface area contributed by atoms with Gasteiger partial charge in [0, 0.05) is 5.56 Å². The second-order valence-corrected chi connectivity index (χ2v) is 3.59. The zero-order valence-corrected chi connectivity index (χ0v) is 10.2. The maximum Gasteiger partial charge on any atom is 0.577 e. The van der Waals surface area contributed by atoms with Crippen molar-refractivity contribution < 1.29 is 27.0 Å². The second-order valence-electron chi connectivity index (χ2n) is 3.59. The number of Topliss-reactive ketones (excluding diaryl/α,β-unsaturated/α-hetero) is 2. The summed E-state index contributed by atoms with van der Waals surface area (Å²) in [5.74, 6) is -1.00. The number of halogens is 3. The van der Waals surface area contributed by atoms with Crippen molar-refractivity contribution in [3.05, 3.63) is 59.8 Å². The lowest BCUT2D eigenvalue weighted by Crippen LogP contribution is -2.07. The lowest BCUT2D eigenvalue weighted by molar-refractivity contribution is 0.0878. The summed E-state index contributed by atoms with van der Waals surface area (Å²) in [6.07, 6.45) is 1.09. The molecule has 0 bridgehead atoms. The standard InChI is InChI=1S/C13H9FO3.BF2/c14-10-5-3-9(4-6-10)11(15)8-12(16)13-2-1-7-17-13;2-1-3/h1-7H,8H2;. The van der Waals surface area contributed by atoms with Crippen LogP contribution in [0.1, 0.15) is 27.3 Å². The van der Waals surface area contributed by atoms with Crippen LogP contribution in [0.4, 0.5) is 13.0 Å². The van der Waals surface area contributed by atoms with E-state index in [1.165, 1.54) is 36.6 Å². The summed E-state index contributed by atoms with van der Waals surface area (Å²) in [6, 6.07) is 8.16. The molecule has 103 valence electrons. The fourth-order valence-electron chi connectivity index (χ4n) is 1.41. The number of carbonyl (C=O) groups is 2. The van der Waals surface area contributed by atoms with Gasteiger partial charge in [-0.25, -0.2) is 4.39 Å². The number of carbonyl (C=O) groups excluding carboxylic acids is 2. The van der Waals surface area contributed by atoms with Crippen LogP contribution in [-0.4, -0.2) is 19.4 Å². The first-order valence-corrected chi connectivity index (χ1v) is 5.46. The highest BCUT2D eigenvalue weighted by Gasteiger charge is 2.15. The van der Waals surface area contributed by atoms with Crippen LogP contribution in [-0.2, 0) is 0 Å². The molecule has 1 aromatic carbocycles. The largest absolute Gasteiger partial charge is 0.577 e. The number of ketones is 2. The molecule has 0 amide bonds. The van der Waals surface area contributed by atoms with Crippen molar-refractivity contribution in [2.24, 2.45) is 0 Å². The molecule has 2 aromatic rings. The Labute approximate surface area is 113 Å². The molecule has 1 heterocycles. The smallest absolute Gasteiger partial charge is 0.461 e. The summed E-state index contributed by atoms with van der Waals surface area (Å²) >= 11 is 0. The average Bonchev–Trinajstić information content (AvgIpc) is 2.94. The quantitative estimate of drug-likeness (QED) is 0.490. The van der Waals surface area contributed by atoms with Gasteiger partial charge in [0.05, 0.1) is 12.7 Å². The van der Waals surface area contributed by atoms with E-state index in [1.807, 2.05) is 0 Å². The fraction of sp³-hybridized carbons (Fsp3) is 0.0769. The molecular formula is C13H9BF3O3. The zero-order chi connectivity index (χ0) is 15.0. The van der Waals surface area contributed by atoms with Crippen LogP contribution in [0.25, 0.3) is 0 Å². The summed E-state index contributed by atoms with van der Waals surface area (Å²) in [7, 11) is -1.00. The number of benzene rings is 1. The molecule has 0 spiro atoms. The minimum atomic E-state index is -1.00. The molecule has 0 fully saturated rings. The predicted molar refractivity (Wildman–Crippen MR) is 66.4 cm³/mol. The Kier molecular flexibility index (Phi) is 6.29. The second kappa shape index (κ2) is 7.98. The molecule has 20 heavy (non-hydrogen) atoms. The van der Waals surface area contributed by atoms with Crippen LogP contribution in [0, 0.1) is 5.82 Å². The number of rotatable bonds is 4. The third-order valence-electron chi connectivity index (χ3n) is 2.28. The van der Waals surface area contributed by atoms with Gasteiger partial charge in [-0.05, 0) is 36.4 Å². The van der Waals surface area contributed by atoms with Gasteiger partial charge < -0.3 is 4.42 Å². The van der Waals surface area contributed by atoms with E-state index < -0.39 is 13.7 Å². The molecule has 0 saturated carbocycles. The first kappa shape index (κ1) is 15.8. The Morgan fingerprint density at radius 3 is 2.15 bits per heavy atom. The third kappa shape index (κ3) is 4.76. The van der Waals surface area contributed by atoms with Crippen LogP contribution < -0.4 is 0 Å². The topological polar surface area (TPSA) is 47.3 Å². The van der Waals surface area contributed by atoms with E-state index in [4.69, 9.17) is 4.42 Å². The molecule has 3 nitrogen and oxygen atoms in total. The van der Waals surface area contributed by atoms with Gasteiger partial charge in [-0.2, -0.15) is 0 Å². The van der Waals surface area contributed by atoms with Gasteiger partial charge in [-0.1, -0.05) is 0 Å². The summed E-state index contributed by atoms with van der Waals surface area (Å²) in [5.41, 5.74) is 0.311. The van der Waals surface area contributed by atoms with Crippen molar-refractivity contribution in [3.63, 3.8) is 0 Å². The summed E-state index contributed by atoms with van der Waals surface area (Å²) < 4.78 is 36.5. The summed E-state index contributed by atoms with van der Waals surface area (Å²) in [5, 5.41) is 0. The summed E-state index contributed by atoms with van der Waals surface area (Å²) in [4.78, 5) is 23.2. The molecular weight excluding hydrogens is 272 g/mol. The van der Waals surface area contributed by atoms with Crippen molar-refractivity contribution in [1.29, 1.82) is 0 Å². The van der Waals surface area contributed by atoms with Gasteiger partial charge in [0.25, 0.3) is 0 Å². The molecule has 2 rings (SSSR count). The normalized spacial score (nSPS) is 9.35. The van der Waals surface area contributed by atoms with Gasteiger partial charge >= 0.3 is 7.83 Å². The molecule has 0 aliphatic rings. The third-order valence-corrected chi connectivity index (χ3v) is 2.28. The van der Waals surface area contributed by atoms with E-state index in [0.717, 1.165) is 0 Å². The molecule has 1 aromatic heterocycles. The SMILES string of the molecule is F[B]F.O=C(CC(=O)c1ccco1)c1ccc(F)cc1. The average molecular weight is 281 g/mol. The monoisotopic (exact) mass is 281 g/mol. The summed E-state index contributed by atoms with van der Waals surface area (Å²) in [6.45, 7) is 0. The maximum absolute atomic E-state index is 12.6. The Balaban J connectivity index is 0.000000612. The van der Waals surface area contributed by atoms with Gasteiger partial charge in [-0.15, -0.1) is 0 Å². The Hall–Kier alpha value is -2.31. The Morgan fingerprint density at radius 2 is 1.65 bits per heavy atom. The zero-order valence-electron chi connectivity index (χ0n) is 10.2. The predicted octanol–water partition coefficient (Wildman–Crippen LogP) is 3.33. The minimum absolute atomic E-state index is 0.153. The van der Waals surface area contributed by atoms with E-state index in [2.05, 4.69) is 0 Å². The molecule has 0 unspecified atom stereocenters. The van der Waals surface area contributed by atoms with Crippen LogP contribution in [0.15, 0.2) is 47.1 Å². The van der Waals surface area contributed by atoms with E-state index in [1.54, 1.807) is 6.07 Å². The lowest BCUT2D eigenvalue weighted by atomic mass is 10.1. The van der Waals surface area contributed by atoms with E-state index >= 15 is 0 Å². The van der Waals surface area contributed by atoms with E-state index in [9.17, 15) is 22.6 Å². The first-order valence-electron chi connectivity index (χ1n) is 5.46. The molecule has 7 heteroatoms. The number of hydrogen-bond donors (Lipinski definition) is 0. The molecule has 0 N–H and O–H groups in total.